The minimum atomic E-state index is 0. The van der Waals surface area contributed by atoms with Crippen molar-refractivity contribution in [2.24, 2.45) is 0 Å². The quantitative estimate of drug-likeness (QED) is 0.184. The van der Waals surface area contributed by atoms with Gasteiger partial charge in [-0.25, -0.2) is 0 Å². The van der Waals surface area contributed by atoms with E-state index in [9.17, 15) is 0 Å². The molecule has 0 heterocycles. The van der Waals surface area contributed by atoms with Crippen LogP contribution in [0.5, 0.6) is 0 Å². The van der Waals surface area contributed by atoms with Crippen molar-refractivity contribution in [3.63, 3.8) is 0 Å². The van der Waals surface area contributed by atoms with E-state index in [1.165, 1.54) is 51.4 Å². The van der Waals surface area contributed by atoms with E-state index in [0.29, 0.717) is 15.8 Å². The fraction of sp³-hybridized carbons (Fsp3) is 0.905. The Kier molecular flexibility index (Phi) is 43.8. The first-order chi connectivity index (χ1) is 12.3. The van der Waals surface area contributed by atoms with Gasteiger partial charge in [0.2, 0.25) is 0 Å². The second-order valence-electron chi connectivity index (χ2n) is 6.45. The molecule has 2 nitrogen and oxygen atoms in total. The summed E-state index contributed by atoms with van der Waals surface area (Å²) < 4.78 is 0. The van der Waals surface area contributed by atoms with Crippen molar-refractivity contribution in [2.75, 3.05) is 37.0 Å². The molecule has 0 rings (SSSR count). The molecule has 0 N–H and O–H groups in total. The summed E-state index contributed by atoms with van der Waals surface area (Å²) in [6, 6.07) is 0. The van der Waals surface area contributed by atoms with E-state index in [1.807, 2.05) is 13.6 Å². The van der Waals surface area contributed by atoms with Crippen molar-refractivity contribution < 1.29 is 26.1 Å². The SMILES string of the molecule is C=O.C=O.CCCCP(CCCC)CCCP(CCCC)CCCC.[Ni]. The molecular weight excluding hydrogens is 405 g/mol. The monoisotopic (exact) mass is 450 g/mol. The van der Waals surface area contributed by atoms with Crippen molar-refractivity contribution in [3.05, 3.63) is 0 Å². The maximum atomic E-state index is 8.00. The van der Waals surface area contributed by atoms with Crippen molar-refractivity contribution in [3.8, 4) is 0 Å². The summed E-state index contributed by atoms with van der Waals surface area (Å²) in [6.07, 6.45) is 22.5. The zero-order valence-electron chi connectivity index (χ0n) is 18.0. The molecule has 0 aromatic carbocycles. The molecular formula is C21H46NiO2P2. The zero-order valence-corrected chi connectivity index (χ0v) is 20.8. The van der Waals surface area contributed by atoms with E-state index < -0.39 is 0 Å². The fourth-order valence-corrected chi connectivity index (χ4v) is 8.57. The van der Waals surface area contributed by atoms with Crippen molar-refractivity contribution in [2.45, 2.75) is 85.5 Å². The molecule has 0 saturated heterocycles. The van der Waals surface area contributed by atoms with E-state index in [0.717, 1.165) is 0 Å². The molecule has 0 saturated carbocycles. The molecule has 0 aliphatic rings. The molecule has 0 amide bonds. The van der Waals surface area contributed by atoms with Gasteiger partial charge in [0.25, 0.3) is 0 Å². The Bertz CT molecular complexity index is 196. The van der Waals surface area contributed by atoms with Crippen molar-refractivity contribution >= 4 is 29.4 Å². The number of hydrogen-bond donors (Lipinski definition) is 0. The first-order valence-electron chi connectivity index (χ1n) is 10.3. The van der Waals surface area contributed by atoms with Gasteiger partial charge in [-0.1, -0.05) is 53.4 Å². The van der Waals surface area contributed by atoms with E-state index in [2.05, 4.69) is 27.7 Å². The zero-order chi connectivity index (χ0) is 19.8. The molecule has 0 radical (unpaired) electrons. The van der Waals surface area contributed by atoms with E-state index in [1.54, 1.807) is 43.4 Å². The van der Waals surface area contributed by atoms with Crippen LogP contribution in [0.4, 0.5) is 0 Å². The average Bonchev–Trinajstić information content (AvgIpc) is 2.68. The molecule has 0 aromatic rings. The Labute approximate surface area is 177 Å². The summed E-state index contributed by atoms with van der Waals surface area (Å²) in [4.78, 5) is 16.0. The molecule has 5 heteroatoms. The van der Waals surface area contributed by atoms with E-state index in [-0.39, 0.29) is 16.5 Å². The number of rotatable bonds is 16. The van der Waals surface area contributed by atoms with Gasteiger partial charge in [0.1, 0.15) is 13.6 Å². The van der Waals surface area contributed by atoms with Crippen LogP contribution in [0.3, 0.4) is 0 Å². The average molecular weight is 451 g/mol. The summed E-state index contributed by atoms with van der Waals surface area (Å²) in [7, 11) is 0.763. The van der Waals surface area contributed by atoms with Crippen LogP contribution in [0.25, 0.3) is 0 Å². The van der Waals surface area contributed by atoms with E-state index >= 15 is 0 Å². The second kappa shape index (κ2) is 33.3. The molecule has 0 aliphatic carbocycles. The molecule has 0 spiro atoms. The van der Waals surface area contributed by atoms with Gasteiger partial charge in [-0.3, -0.25) is 0 Å². The Balaban J connectivity index is -0.000000449. The van der Waals surface area contributed by atoms with Crippen molar-refractivity contribution in [1.29, 1.82) is 0 Å². The van der Waals surface area contributed by atoms with Crippen LogP contribution < -0.4 is 0 Å². The third-order valence-electron chi connectivity index (χ3n) is 4.26. The number of unbranched alkanes of at least 4 members (excludes halogenated alkanes) is 4. The smallest absolute Gasteiger partial charge is 0.106 e. The Hall–Kier alpha value is 0.694. The molecule has 162 valence electrons. The number of hydrogen-bond acceptors (Lipinski definition) is 2. The predicted molar refractivity (Wildman–Crippen MR) is 122 cm³/mol. The topological polar surface area (TPSA) is 34.1 Å². The van der Waals surface area contributed by atoms with Gasteiger partial charge < -0.3 is 9.59 Å². The maximum absolute atomic E-state index is 8.00. The Morgan fingerprint density at radius 3 is 0.846 bits per heavy atom. The van der Waals surface area contributed by atoms with E-state index in [4.69, 9.17) is 9.59 Å². The predicted octanol–water partition coefficient (Wildman–Crippen LogP) is 7.17. The van der Waals surface area contributed by atoms with Gasteiger partial charge in [-0.15, -0.1) is 15.8 Å². The van der Waals surface area contributed by atoms with Gasteiger partial charge in [0.15, 0.2) is 0 Å². The first kappa shape index (κ1) is 34.2. The normalized spacial score (nSPS) is 9.77. The summed E-state index contributed by atoms with van der Waals surface area (Å²) >= 11 is 0. The van der Waals surface area contributed by atoms with Crippen LogP contribution in [0.1, 0.15) is 85.5 Å². The number of carbonyl (C=O) groups is 2. The maximum Gasteiger partial charge on any atom is 0.106 e. The summed E-state index contributed by atoms with van der Waals surface area (Å²) in [5, 5.41) is 0. The van der Waals surface area contributed by atoms with Crippen LogP contribution in [-0.2, 0) is 26.1 Å². The van der Waals surface area contributed by atoms with Crippen LogP contribution in [0.15, 0.2) is 0 Å². The van der Waals surface area contributed by atoms with Crippen molar-refractivity contribution in [1.82, 2.24) is 0 Å². The van der Waals surface area contributed by atoms with Crippen LogP contribution in [0, 0.1) is 0 Å². The third kappa shape index (κ3) is 26.9. The molecule has 0 aliphatic heterocycles. The Morgan fingerprint density at radius 2 is 0.654 bits per heavy atom. The molecule has 0 unspecified atom stereocenters. The molecule has 26 heavy (non-hydrogen) atoms. The van der Waals surface area contributed by atoms with Gasteiger partial charge in [0, 0.05) is 16.5 Å². The van der Waals surface area contributed by atoms with Gasteiger partial charge in [0.05, 0.1) is 0 Å². The van der Waals surface area contributed by atoms with Gasteiger partial charge >= 0.3 is 0 Å². The second-order valence-corrected chi connectivity index (χ2v) is 11.8. The summed E-state index contributed by atoms with van der Waals surface area (Å²) in [5.41, 5.74) is 0. The van der Waals surface area contributed by atoms with Crippen LogP contribution in [0.2, 0.25) is 0 Å². The molecule has 0 fully saturated rings. The van der Waals surface area contributed by atoms with Gasteiger partial charge in [-0.2, -0.15) is 0 Å². The molecule has 0 bridgehead atoms. The van der Waals surface area contributed by atoms with Crippen LogP contribution in [-0.4, -0.2) is 50.5 Å². The third-order valence-corrected chi connectivity index (χ3v) is 9.95. The minimum absolute atomic E-state index is 0. The molecule has 0 atom stereocenters. The summed E-state index contributed by atoms with van der Waals surface area (Å²) in [6.45, 7) is 13.4. The minimum Gasteiger partial charge on any atom is -0.307 e. The van der Waals surface area contributed by atoms with Gasteiger partial charge in [-0.05, 0) is 69.1 Å². The summed E-state index contributed by atoms with van der Waals surface area (Å²) in [5.74, 6) is 0. The largest absolute Gasteiger partial charge is 0.307 e. The van der Waals surface area contributed by atoms with Crippen LogP contribution >= 0.6 is 15.8 Å². The molecule has 0 aromatic heterocycles. The standard InChI is InChI=1S/C19H42P2.2CH2O.Ni/c1-5-9-14-20(15-10-6-2)18-13-19-21(16-11-7-3)17-12-8-4;2*1-2;/h5-19H2,1-4H3;2*1H2;. The fourth-order valence-electron chi connectivity index (χ4n) is 2.72. The number of carbonyl (C=O) groups excluding carboxylic acids is 2. The Morgan fingerprint density at radius 1 is 0.462 bits per heavy atom. The first-order valence-corrected chi connectivity index (χ1v) is 14.1.